The number of epoxide rings is 1. The Labute approximate surface area is 206 Å². The molecule has 9 atom stereocenters. The third-order valence-electron chi connectivity index (χ3n) is 11.4. The first-order valence-corrected chi connectivity index (χ1v) is 15.1. The first kappa shape index (κ1) is 26.0. The van der Waals surface area contributed by atoms with Gasteiger partial charge in [0.15, 0.2) is 0 Å². The van der Waals surface area contributed by atoms with E-state index in [1.165, 1.54) is 77.0 Å². The van der Waals surface area contributed by atoms with Crippen LogP contribution in [-0.2, 0) is 9.47 Å². The first-order valence-electron chi connectivity index (χ1n) is 15.1. The molecule has 2 heteroatoms. The minimum atomic E-state index is 0.174. The lowest BCUT2D eigenvalue weighted by atomic mass is 9.44. The quantitative estimate of drug-likeness (QED) is 0.266. The Hall–Kier alpha value is -0.0800. The monoisotopic (exact) mass is 460 g/mol. The summed E-state index contributed by atoms with van der Waals surface area (Å²) in [4.78, 5) is 0. The first-order chi connectivity index (χ1) is 15.8. The molecule has 5 aliphatic rings. The van der Waals surface area contributed by atoms with Crippen LogP contribution in [0.15, 0.2) is 0 Å². The van der Waals surface area contributed by atoms with Gasteiger partial charge in [0, 0.05) is 18.4 Å². The molecule has 5 fully saturated rings. The van der Waals surface area contributed by atoms with Crippen molar-refractivity contribution in [2.24, 2.45) is 40.4 Å². The highest BCUT2D eigenvalue weighted by Crippen LogP contribution is 2.74. The molecule has 5 rings (SSSR count). The molecule has 1 spiro atoms. The second-order valence-corrected chi connectivity index (χ2v) is 13.3. The second kappa shape index (κ2) is 10.1. The van der Waals surface area contributed by atoms with Crippen LogP contribution in [0.2, 0.25) is 0 Å². The van der Waals surface area contributed by atoms with Crippen molar-refractivity contribution in [1.82, 2.24) is 0 Å². The summed E-state index contributed by atoms with van der Waals surface area (Å²) in [5.41, 5.74) is 1.20. The lowest BCUT2D eigenvalue weighted by Gasteiger charge is -2.59. The summed E-state index contributed by atoms with van der Waals surface area (Å²) in [6, 6.07) is 0. The third-order valence-corrected chi connectivity index (χ3v) is 11.4. The van der Waals surface area contributed by atoms with Gasteiger partial charge in [0.05, 0.1) is 12.2 Å². The number of hydrogen-bond acceptors (Lipinski definition) is 2. The molecule has 0 aromatic carbocycles. The normalized spacial score (nSPS) is 47.6. The van der Waals surface area contributed by atoms with E-state index in [0.29, 0.717) is 23.0 Å². The van der Waals surface area contributed by atoms with Gasteiger partial charge in [-0.3, -0.25) is 0 Å². The summed E-state index contributed by atoms with van der Waals surface area (Å²) < 4.78 is 12.9. The molecule has 0 amide bonds. The van der Waals surface area contributed by atoms with Crippen LogP contribution in [0.3, 0.4) is 0 Å². The van der Waals surface area contributed by atoms with E-state index in [9.17, 15) is 0 Å². The Kier molecular flexibility index (Phi) is 7.97. The molecule has 1 aliphatic heterocycles. The molecule has 192 valence electrons. The van der Waals surface area contributed by atoms with E-state index in [1.54, 1.807) is 0 Å². The molecule has 1 heterocycles. The lowest BCUT2D eigenvalue weighted by molar-refractivity contribution is -0.123. The van der Waals surface area contributed by atoms with E-state index in [2.05, 4.69) is 34.6 Å². The van der Waals surface area contributed by atoms with E-state index in [-0.39, 0.29) is 5.60 Å². The van der Waals surface area contributed by atoms with Gasteiger partial charge in [-0.1, -0.05) is 67.7 Å². The van der Waals surface area contributed by atoms with Crippen LogP contribution in [0.1, 0.15) is 132 Å². The van der Waals surface area contributed by atoms with Crippen LogP contribution < -0.4 is 0 Å². The van der Waals surface area contributed by atoms with Gasteiger partial charge in [0.1, 0.15) is 5.60 Å². The Morgan fingerprint density at radius 1 is 0.970 bits per heavy atom. The lowest BCUT2D eigenvalue weighted by Crippen LogP contribution is -2.58. The summed E-state index contributed by atoms with van der Waals surface area (Å²) in [6.45, 7) is 17.3. The van der Waals surface area contributed by atoms with Gasteiger partial charge in [-0.15, -0.1) is 0 Å². The smallest absolute Gasteiger partial charge is 0.103 e. The van der Waals surface area contributed by atoms with Crippen molar-refractivity contribution in [2.45, 2.75) is 150 Å². The Morgan fingerprint density at radius 3 is 2.48 bits per heavy atom. The molecular formula is C31H56O2. The summed E-state index contributed by atoms with van der Waals surface area (Å²) in [6.07, 6.45) is 19.0. The molecule has 2 nitrogen and oxygen atoms in total. The molecule has 0 radical (unpaired) electrons. The molecule has 1 saturated heterocycles. The second-order valence-electron chi connectivity index (χ2n) is 13.3. The molecule has 0 N–H and O–H groups in total. The summed E-state index contributed by atoms with van der Waals surface area (Å²) in [5, 5.41) is 0. The van der Waals surface area contributed by atoms with Crippen molar-refractivity contribution in [1.29, 1.82) is 0 Å². The number of rotatable bonds is 8. The molecule has 9 unspecified atom stereocenters. The van der Waals surface area contributed by atoms with Crippen LogP contribution in [0.25, 0.3) is 0 Å². The van der Waals surface area contributed by atoms with Crippen molar-refractivity contribution in [3.63, 3.8) is 0 Å². The summed E-state index contributed by atoms with van der Waals surface area (Å²) >= 11 is 0. The van der Waals surface area contributed by atoms with E-state index < -0.39 is 0 Å². The Morgan fingerprint density at radius 2 is 1.76 bits per heavy atom. The van der Waals surface area contributed by atoms with E-state index in [1.807, 2.05) is 13.8 Å². The van der Waals surface area contributed by atoms with Gasteiger partial charge in [0.2, 0.25) is 0 Å². The number of fused-ring (bicyclic) bond motifs is 4. The molecule has 0 aromatic rings. The zero-order valence-electron chi connectivity index (χ0n) is 23.3. The average molecular weight is 461 g/mol. The average Bonchev–Trinajstić information content (AvgIpc) is 3.40. The maximum absolute atomic E-state index is 6.70. The third kappa shape index (κ3) is 4.36. The van der Waals surface area contributed by atoms with Crippen molar-refractivity contribution in [3.8, 4) is 0 Å². The van der Waals surface area contributed by atoms with E-state index in [0.717, 1.165) is 42.6 Å². The molecule has 4 aliphatic carbocycles. The zero-order chi connectivity index (χ0) is 23.9. The molecule has 0 aromatic heterocycles. The molecule has 4 saturated carbocycles. The van der Waals surface area contributed by atoms with Crippen molar-refractivity contribution in [2.75, 3.05) is 6.61 Å². The zero-order valence-corrected chi connectivity index (χ0v) is 23.3. The predicted molar refractivity (Wildman–Crippen MR) is 139 cm³/mol. The van der Waals surface area contributed by atoms with Crippen LogP contribution in [0.5, 0.6) is 0 Å². The van der Waals surface area contributed by atoms with Crippen molar-refractivity contribution >= 4 is 0 Å². The van der Waals surface area contributed by atoms with Crippen LogP contribution in [0.4, 0.5) is 0 Å². The topological polar surface area (TPSA) is 21.8 Å². The largest absolute Gasteiger partial charge is 0.378 e. The van der Waals surface area contributed by atoms with Gasteiger partial charge in [0.25, 0.3) is 0 Å². The Balaban J connectivity index is 0.00000126. The van der Waals surface area contributed by atoms with Crippen LogP contribution >= 0.6 is 0 Å². The summed E-state index contributed by atoms with van der Waals surface area (Å²) in [5.74, 6) is 4.65. The fourth-order valence-corrected chi connectivity index (χ4v) is 9.59. The van der Waals surface area contributed by atoms with Crippen LogP contribution in [0, 0.1) is 40.4 Å². The number of ether oxygens (including phenoxy) is 2. The van der Waals surface area contributed by atoms with Gasteiger partial charge in [-0.2, -0.15) is 0 Å². The van der Waals surface area contributed by atoms with Crippen LogP contribution in [-0.4, -0.2) is 24.4 Å². The molecular weight excluding hydrogens is 404 g/mol. The minimum absolute atomic E-state index is 0.174. The van der Waals surface area contributed by atoms with E-state index in [4.69, 9.17) is 9.47 Å². The highest BCUT2D eigenvalue weighted by Gasteiger charge is 2.76. The maximum Gasteiger partial charge on any atom is 0.103 e. The van der Waals surface area contributed by atoms with E-state index >= 15 is 0 Å². The van der Waals surface area contributed by atoms with Crippen molar-refractivity contribution in [3.05, 3.63) is 0 Å². The van der Waals surface area contributed by atoms with Gasteiger partial charge in [-0.25, -0.2) is 0 Å². The molecule has 0 bridgehead atoms. The fourth-order valence-electron chi connectivity index (χ4n) is 9.59. The highest BCUT2D eigenvalue weighted by molar-refractivity contribution is 5.24. The Bertz CT molecular complexity index is 645. The fraction of sp³-hybridized carbons (Fsp3) is 1.00. The van der Waals surface area contributed by atoms with Gasteiger partial charge < -0.3 is 9.47 Å². The van der Waals surface area contributed by atoms with Gasteiger partial charge in [-0.05, 0) is 92.8 Å². The predicted octanol–water partition coefficient (Wildman–Crippen LogP) is 8.81. The molecule has 33 heavy (non-hydrogen) atoms. The number of unbranched alkanes of at least 4 members (excludes halogenated alkanes) is 1. The standard InChI is InChI=1S/C29H50O2.C2H6/c1-6-17-30-22-13-16-28(5)25-14-15-27(4)21(10-8-7-9-20(2)3)11-12-24(27)23(25)18-26-29(28,19-22)31-26;1-2/h20-26H,6-19H2,1-5H3;1-2H3. The highest BCUT2D eigenvalue weighted by atomic mass is 16.6. The summed E-state index contributed by atoms with van der Waals surface area (Å²) in [7, 11) is 0. The van der Waals surface area contributed by atoms with Crippen molar-refractivity contribution < 1.29 is 9.47 Å². The minimum Gasteiger partial charge on any atom is -0.378 e. The number of hydrogen-bond donors (Lipinski definition) is 0. The van der Waals surface area contributed by atoms with Gasteiger partial charge >= 0.3 is 0 Å². The maximum atomic E-state index is 6.70. The SMILES string of the molecule is CC.CCCOC1CCC2(C)C3CCC4(C)C(CCCCC(C)C)CCC4C3CC3OC32C1.